The van der Waals surface area contributed by atoms with E-state index in [9.17, 15) is 14.0 Å². The van der Waals surface area contributed by atoms with Gasteiger partial charge in [0.15, 0.2) is 0 Å². The molecule has 142 valence electrons. The van der Waals surface area contributed by atoms with E-state index in [0.717, 1.165) is 5.56 Å². The summed E-state index contributed by atoms with van der Waals surface area (Å²) in [5.41, 5.74) is 2.30. The fourth-order valence-corrected chi connectivity index (χ4v) is 3.42. The first kappa shape index (κ1) is 19.4. The van der Waals surface area contributed by atoms with Crippen molar-refractivity contribution in [3.8, 4) is 0 Å². The van der Waals surface area contributed by atoms with Gasteiger partial charge in [0.25, 0.3) is 0 Å². The summed E-state index contributed by atoms with van der Waals surface area (Å²) in [7, 11) is 0. The highest BCUT2D eigenvalue weighted by molar-refractivity contribution is 6.31. The van der Waals surface area contributed by atoms with Crippen molar-refractivity contribution >= 4 is 29.1 Å². The van der Waals surface area contributed by atoms with Gasteiger partial charge in [-0.25, -0.2) is 4.39 Å². The minimum absolute atomic E-state index is 0.0372. The molecule has 0 saturated carbocycles. The second kappa shape index (κ2) is 8.53. The Hall–Kier alpha value is -2.40. The van der Waals surface area contributed by atoms with Crippen molar-refractivity contribution in [3.63, 3.8) is 0 Å². The lowest BCUT2D eigenvalue weighted by molar-refractivity contribution is -0.133. The molecule has 0 bridgehead atoms. The van der Waals surface area contributed by atoms with Crippen LogP contribution in [0.4, 0.5) is 10.1 Å². The molecular formula is C21H22ClFN2O2. The lowest BCUT2D eigenvalue weighted by Gasteiger charge is -2.31. The number of nitrogens with zero attached hydrogens (tertiary/aromatic N) is 1. The van der Waals surface area contributed by atoms with E-state index in [1.807, 2.05) is 19.1 Å². The van der Waals surface area contributed by atoms with E-state index in [0.29, 0.717) is 42.2 Å². The molecule has 0 unspecified atom stereocenters. The molecule has 1 aliphatic rings. The number of hydrogen-bond acceptors (Lipinski definition) is 2. The molecule has 0 atom stereocenters. The first-order valence-corrected chi connectivity index (χ1v) is 9.39. The predicted molar refractivity (Wildman–Crippen MR) is 104 cm³/mol. The summed E-state index contributed by atoms with van der Waals surface area (Å²) in [6.07, 6.45) is 1.40. The van der Waals surface area contributed by atoms with Gasteiger partial charge < -0.3 is 10.2 Å². The number of nitrogens with one attached hydrogen (secondary N) is 1. The molecule has 6 heteroatoms. The molecule has 0 aliphatic carbocycles. The van der Waals surface area contributed by atoms with Gasteiger partial charge in [-0.05, 0) is 55.2 Å². The van der Waals surface area contributed by atoms with Gasteiger partial charge in [0.1, 0.15) is 5.82 Å². The molecule has 2 amide bonds. The van der Waals surface area contributed by atoms with Crippen LogP contribution in [-0.4, -0.2) is 29.8 Å². The lowest BCUT2D eigenvalue weighted by atomic mass is 9.95. The van der Waals surface area contributed by atoms with Gasteiger partial charge in [-0.2, -0.15) is 0 Å². The second-order valence-corrected chi connectivity index (χ2v) is 7.32. The van der Waals surface area contributed by atoms with E-state index in [1.54, 1.807) is 23.1 Å². The molecule has 0 spiro atoms. The third-order valence-electron chi connectivity index (χ3n) is 4.90. The average molecular weight is 389 g/mol. The van der Waals surface area contributed by atoms with E-state index in [2.05, 4.69) is 5.32 Å². The largest absolute Gasteiger partial charge is 0.342 e. The minimum Gasteiger partial charge on any atom is -0.342 e. The van der Waals surface area contributed by atoms with E-state index in [-0.39, 0.29) is 30.0 Å². The van der Waals surface area contributed by atoms with Crippen molar-refractivity contribution in [3.05, 3.63) is 64.4 Å². The Kier molecular flexibility index (Phi) is 6.11. The van der Waals surface area contributed by atoms with Crippen LogP contribution in [-0.2, 0) is 16.0 Å². The maximum atomic E-state index is 13.2. The average Bonchev–Trinajstić information content (AvgIpc) is 2.65. The van der Waals surface area contributed by atoms with Gasteiger partial charge in [-0.1, -0.05) is 29.8 Å². The van der Waals surface area contributed by atoms with Crippen molar-refractivity contribution in [1.29, 1.82) is 0 Å². The Bertz CT molecular complexity index is 848. The monoisotopic (exact) mass is 388 g/mol. The van der Waals surface area contributed by atoms with Gasteiger partial charge in [0, 0.05) is 29.7 Å². The molecule has 1 saturated heterocycles. The normalized spacial score (nSPS) is 14.9. The summed E-state index contributed by atoms with van der Waals surface area (Å²) < 4.78 is 13.2. The van der Waals surface area contributed by atoms with E-state index < -0.39 is 0 Å². The van der Waals surface area contributed by atoms with Crippen molar-refractivity contribution in [2.75, 3.05) is 18.4 Å². The molecule has 2 aromatic carbocycles. The molecule has 1 aliphatic heterocycles. The van der Waals surface area contributed by atoms with Gasteiger partial charge in [0.2, 0.25) is 11.8 Å². The van der Waals surface area contributed by atoms with Crippen LogP contribution < -0.4 is 5.32 Å². The Morgan fingerprint density at radius 3 is 2.59 bits per heavy atom. The molecule has 1 N–H and O–H groups in total. The fourth-order valence-electron chi connectivity index (χ4n) is 3.24. The number of anilines is 1. The highest BCUT2D eigenvalue weighted by Crippen LogP contribution is 2.23. The van der Waals surface area contributed by atoms with Crippen LogP contribution in [0.25, 0.3) is 0 Å². The van der Waals surface area contributed by atoms with Crippen LogP contribution in [0, 0.1) is 18.7 Å². The molecule has 2 aromatic rings. The molecule has 4 nitrogen and oxygen atoms in total. The Morgan fingerprint density at radius 2 is 1.93 bits per heavy atom. The zero-order valence-corrected chi connectivity index (χ0v) is 15.9. The van der Waals surface area contributed by atoms with E-state index >= 15 is 0 Å². The van der Waals surface area contributed by atoms with Crippen molar-refractivity contribution in [2.24, 2.45) is 5.92 Å². The summed E-state index contributed by atoms with van der Waals surface area (Å²) in [5, 5.41) is 3.52. The third-order valence-corrected chi connectivity index (χ3v) is 5.31. The van der Waals surface area contributed by atoms with Crippen LogP contribution in [0.5, 0.6) is 0 Å². The SMILES string of the molecule is Cc1ccc(NC(=O)C2CCN(C(=O)Cc3cccc(F)c3)CC2)cc1Cl. The number of carbonyl (C=O) groups is 2. The Balaban J connectivity index is 1.51. The van der Waals surface area contributed by atoms with Crippen LogP contribution in [0.2, 0.25) is 5.02 Å². The lowest BCUT2D eigenvalue weighted by Crippen LogP contribution is -2.42. The number of amides is 2. The number of halogens is 2. The zero-order chi connectivity index (χ0) is 19.4. The zero-order valence-electron chi connectivity index (χ0n) is 15.2. The highest BCUT2D eigenvalue weighted by atomic mass is 35.5. The number of aryl methyl sites for hydroxylation is 1. The van der Waals surface area contributed by atoms with Gasteiger partial charge in [0.05, 0.1) is 6.42 Å². The van der Waals surface area contributed by atoms with Crippen molar-refractivity contribution in [1.82, 2.24) is 4.90 Å². The van der Waals surface area contributed by atoms with Crippen LogP contribution in [0.1, 0.15) is 24.0 Å². The molecular weight excluding hydrogens is 367 g/mol. The summed E-state index contributed by atoms with van der Waals surface area (Å²) in [6, 6.07) is 11.5. The number of rotatable bonds is 4. The van der Waals surface area contributed by atoms with Crippen LogP contribution in [0.3, 0.4) is 0 Å². The summed E-state index contributed by atoms with van der Waals surface area (Å²) >= 11 is 6.09. The highest BCUT2D eigenvalue weighted by Gasteiger charge is 2.27. The van der Waals surface area contributed by atoms with Crippen molar-refractivity contribution < 1.29 is 14.0 Å². The van der Waals surface area contributed by atoms with Crippen LogP contribution in [0.15, 0.2) is 42.5 Å². The number of hydrogen-bond donors (Lipinski definition) is 1. The summed E-state index contributed by atoms with van der Waals surface area (Å²) in [4.78, 5) is 26.6. The second-order valence-electron chi connectivity index (χ2n) is 6.91. The molecule has 0 radical (unpaired) electrons. The number of piperidine rings is 1. The number of carbonyl (C=O) groups excluding carboxylic acids is 2. The molecule has 27 heavy (non-hydrogen) atoms. The Labute approximate surface area is 163 Å². The van der Waals surface area contributed by atoms with E-state index in [1.165, 1.54) is 12.1 Å². The predicted octanol–water partition coefficient (Wildman–Crippen LogP) is 4.21. The van der Waals surface area contributed by atoms with Gasteiger partial charge >= 0.3 is 0 Å². The third kappa shape index (κ3) is 5.07. The summed E-state index contributed by atoms with van der Waals surface area (Å²) in [6.45, 7) is 2.96. The van der Waals surface area contributed by atoms with Gasteiger partial charge in [-0.3, -0.25) is 9.59 Å². The molecule has 1 fully saturated rings. The maximum absolute atomic E-state index is 13.2. The topological polar surface area (TPSA) is 49.4 Å². The smallest absolute Gasteiger partial charge is 0.227 e. The Morgan fingerprint density at radius 1 is 1.19 bits per heavy atom. The molecule has 3 rings (SSSR count). The molecule has 0 aromatic heterocycles. The number of likely N-dealkylation sites (tertiary alicyclic amines) is 1. The first-order valence-electron chi connectivity index (χ1n) is 9.01. The summed E-state index contributed by atoms with van der Waals surface area (Å²) in [5.74, 6) is -0.563. The van der Waals surface area contributed by atoms with Crippen molar-refractivity contribution in [2.45, 2.75) is 26.2 Å². The maximum Gasteiger partial charge on any atom is 0.227 e. The standard InChI is InChI=1S/C21H22ClFN2O2/c1-14-5-6-18(13-19(14)22)24-21(27)16-7-9-25(10-8-16)20(26)12-15-3-2-4-17(23)11-15/h2-6,11,13,16H,7-10,12H2,1H3,(H,24,27). The van der Waals surface area contributed by atoms with Crippen LogP contribution >= 0.6 is 11.6 Å². The molecule has 1 heterocycles. The van der Waals surface area contributed by atoms with E-state index in [4.69, 9.17) is 11.6 Å². The van der Waals surface area contributed by atoms with Gasteiger partial charge in [-0.15, -0.1) is 0 Å². The fraction of sp³-hybridized carbons (Fsp3) is 0.333. The number of benzene rings is 2. The first-order chi connectivity index (χ1) is 12.9. The quantitative estimate of drug-likeness (QED) is 0.853. The minimum atomic E-state index is -0.341.